The van der Waals surface area contributed by atoms with Gasteiger partial charge in [-0.1, -0.05) is 44.9 Å². The predicted molar refractivity (Wildman–Crippen MR) is 174 cm³/mol. The van der Waals surface area contributed by atoms with Crippen molar-refractivity contribution in [3.05, 3.63) is 58.1 Å². The molecule has 6 rings (SSSR count). The van der Waals surface area contributed by atoms with Crippen LogP contribution in [0.25, 0.3) is 0 Å². The number of hydrogen-bond donors (Lipinski definition) is 1. The largest absolute Gasteiger partial charge is 0.490 e. The van der Waals surface area contributed by atoms with Gasteiger partial charge >= 0.3 is 0 Å². The van der Waals surface area contributed by atoms with Gasteiger partial charge in [0.25, 0.3) is 5.91 Å². The molecule has 9 heteroatoms. The minimum absolute atomic E-state index is 0.118. The van der Waals surface area contributed by atoms with Crippen molar-refractivity contribution in [1.82, 2.24) is 4.72 Å². The molecule has 44 heavy (non-hydrogen) atoms. The van der Waals surface area contributed by atoms with Crippen molar-refractivity contribution in [3.8, 4) is 5.75 Å². The Labute approximate surface area is 267 Å². The smallest absolute Gasteiger partial charge is 0.264 e. The molecule has 1 saturated carbocycles. The predicted octanol–water partition coefficient (Wildman–Crippen LogP) is 6.70. The molecular formula is C35H45ClN2O5S. The number of rotatable bonds is 1. The molecule has 1 N–H and O–H groups in total. The summed E-state index contributed by atoms with van der Waals surface area (Å²) in [6, 6.07) is 11.4. The van der Waals surface area contributed by atoms with Gasteiger partial charge in [0.1, 0.15) is 12.0 Å². The molecule has 0 radical (unpaired) electrons. The summed E-state index contributed by atoms with van der Waals surface area (Å²) in [6.45, 7) is 9.86. The van der Waals surface area contributed by atoms with Crippen molar-refractivity contribution in [2.45, 2.75) is 89.7 Å². The van der Waals surface area contributed by atoms with Gasteiger partial charge in [-0.05, 0) is 111 Å². The molecule has 2 aromatic rings. The second-order valence-electron chi connectivity index (χ2n) is 14.7. The third-order valence-electron chi connectivity index (χ3n) is 11.7. The Kier molecular flexibility index (Phi) is 8.09. The van der Waals surface area contributed by atoms with E-state index in [0.29, 0.717) is 38.3 Å². The van der Waals surface area contributed by atoms with Gasteiger partial charge < -0.3 is 14.4 Å². The summed E-state index contributed by atoms with van der Waals surface area (Å²) in [6.07, 6.45) is 8.23. The van der Waals surface area contributed by atoms with Crippen LogP contribution in [0.4, 0.5) is 5.69 Å². The SMILES string of the molecule is C[C@@H]1[C@@H](C)CCC[C@](C)(C=O)[C@@H]2CCC2(C)CN2C[C@@]3(CCCc4cc(Cl)ccc43)COc3ccc(cc32)C(=O)NS1(=O)=O. The first-order valence-electron chi connectivity index (χ1n) is 16.1. The van der Waals surface area contributed by atoms with Gasteiger partial charge in [-0.25, -0.2) is 13.1 Å². The molecule has 2 bridgehead atoms. The number of anilines is 1. The Balaban J connectivity index is 1.47. The summed E-state index contributed by atoms with van der Waals surface area (Å²) in [5.41, 5.74) is 2.69. The molecule has 0 aromatic heterocycles. The molecule has 238 valence electrons. The van der Waals surface area contributed by atoms with Crippen LogP contribution in [0.2, 0.25) is 5.02 Å². The highest BCUT2D eigenvalue weighted by Crippen LogP contribution is 2.57. The fraction of sp³-hybridized carbons (Fsp3) is 0.600. The van der Waals surface area contributed by atoms with Crippen LogP contribution < -0.4 is 14.4 Å². The number of ether oxygens (including phenoxy) is 1. The number of aldehydes is 1. The molecule has 1 unspecified atom stereocenters. The van der Waals surface area contributed by atoms with Crippen LogP contribution in [0.3, 0.4) is 0 Å². The lowest BCUT2D eigenvalue weighted by molar-refractivity contribution is -0.128. The minimum Gasteiger partial charge on any atom is -0.490 e. The highest BCUT2D eigenvalue weighted by atomic mass is 35.5. The van der Waals surface area contributed by atoms with E-state index < -0.39 is 26.6 Å². The number of sulfonamides is 1. The van der Waals surface area contributed by atoms with Crippen LogP contribution in [0.5, 0.6) is 5.75 Å². The maximum Gasteiger partial charge on any atom is 0.264 e. The van der Waals surface area contributed by atoms with Crippen molar-refractivity contribution in [1.29, 1.82) is 0 Å². The first-order chi connectivity index (χ1) is 20.8. The molecule has 4 aliphatic rings. The summed E-state index contributed by atoms with van der Waals surface area (Å²) < 4.78 is 35.6. The number of nitrogens with zero attached hydrogens (tertiary/aromatic N) is 1. The van der Waals surface area contributed by atoms with Crippen LogP contribution in [0.15, 0.2) is 36.4 Å². The summed E-state index contributed by atoms with van der Waals surface area (Å²) in [5.74, 6) is 0.0847. The van der Waals surface area contributed by atoms with Gasteiger partial charge in [0.2, 0.25) is 10.0 Å². The number of carbonyl (C=O) groups is 2. The van der Waals surface area contributed by atoms with Crippen molar-refractivity contribution in [2.24, 2.45) is 22.7 Å². The van der Waals surface area contributed by atoms with Crippen LogP contribution in [-0.2, 0) is 26.7 Å². The summed E-state index contributed by atoms with van der Waals surface area (Å²) in [4.78, 5) is 28.6. The van der Waals surface area contributed by atoms with Crippen molar-refractivity contribution < 1.29 is 22.7 Å². The van der Waals surface area contributed by atoms with Gasteiger partial charge in [0.15, 0.2) is 0 Å². The van der Waals surface area contributed by atoms with E-state index in [1.54, 1.807) is 25.1 Å². The van der Waals surface area contributed by atoms with Gasteiger partial charge in [-0.2, -0.15) is 0 Å². The third kappa shape index (κ3) is 5.44. The monoisotopic (exact) mass is 640 g/mol. The number of halogens is 1. The standard InChI is InChI=1S/C35H45ClN2O5S/c1-23-7-5-14-34(4,21-39)31-13-16-33(31,3)19-38-20-35(15-6-8-25-17-27(36)10-11-28(25)35)22-43-30-12-9-26(18-29(30)38)32(40)37-44(41,42)24(23)2/h9-12,17-18,21,23-24,31H,5-8,13-16,19-20,22H2,1-4H3,(H,37,40)/t23-,24+,31+,33?,34+,35-/m0/s1. The van der Waals surface area contributed by atoms with E-state index in [9.17, 15) is 18.0 Å². The van der Waals surface area contributed by atoms with Gasteiger partial charge in [0.05, 0.1) is 17.5 Å². The molecule has 0 saturated heterocycles. The van der Waals surface area contributed by atoms with E-state index in [1.807, 2.05) is 13.0 Å². The molecule has 2 aliphatic heterocycles. The molecule has 1 amide bonds. The van der Waals surface area contributed by atoms with E-state index in [4.69, 9.17) is 16.3 Å². The van der Waals surface area contributed by atoms with Gasteiger partial charge in [0, 0.05) is 34.5 Å². The lowest BCUT2D eigenvalue weighted by Crippen LogP contribution is -2.56. The number of benzene rings is 2. The molecule has 2 aliphatic carbocycles. The molecular weight excluding hydrogens is 596 g/mol. The van der Waals surface area contributed by atoms with Gasteiger partial charge in [-0.15, -0.1) is 0 Å². The van der Waals surface area contributed by atoms with Crippen LogP contribution in [0, 0.1) is 22.7 Å². The lowest BCUT2D eigenvalue weighted by Gasteiger charge is -2.56. The number of aryl methyl sites for hydroxylation is 1. The second-order valence-corrected chi connectivity index (χ2v) is 17.2. The highest BCUT2D eigenvalue weighted by Gasteiger charge is 2.54. The molecule has 6 atom stereocenters. The first-order valence-corrected chi connectivity index (χ1v) is 18.0. The van der Waals surface area contributed by atoms with E-state index in [2.05, 4.69) is 35.6 Å². The van der Waals surface area contributed by atoms with Crippen molar-refractivity contribution in [2.75, 3.05) is 24.6 Å². The molecule has 2 aromatic carbocycles. The zero-order valence-corrected chi connectivity index (χ0v) is 27.9. The average Bonchev–Trinajstić information content (AvgIpc) is 3.12. The normalized spacial score (nSPS) is 35.2. The van der Waals surface area contributed by atoms with Crippen molar-refractivity contribution >= 4 is 39.5 Å². The number of nitrogens with one attached hydrogen (secondary N) is 1. The van der Waals surface area contributed by atoms with Crippen LogP contribution >= 0.6 is 11.6 Å². The maximum atomic E-state index is 13.5. The van der Waals surface area contributed by atoms with Crippen molar-refractivity contribution in [3.63, 3.8) is 0 Å². The molecule has 2 heterocycles. The Hall–Kier alpha value is -2.58. The summed E-state index contributed by atoms with van der Waals surface area (Å²) >= 11 is 6.42. The van der Waals surface area contributed by atoms with E-state index in [0.717, 1.165) is 55.5 Å². The molecule has 1 fully saturated rings. The van der Waals surface area contributed by atoms with E-state index >= 15 is 0 Å². The zero-order chi connectivity index (χ0) is 31.5. The quantitative estimate of drug-likeness (QED) is 0.349. The van der Waals surface area contributed by atoms with Crippen LogP contribution in [0.1, 0.15) is 94.1 Å². The zero-order valence-electron chi connectivity index (χ0n) is 26.3. The van der Waals surface area contributed by atoms with Crippen LogP contribution in [-0.4, -0.2) is 45.6 Å². The first kappa shape index (κ1) is 31.4. The lowest BCUT2D eigenvalue weighted by atomic mass is 9.51. The minimum atomic E-state index is -3.91. The third-order valence-corrected chi connectivity index (χ3v) is 13.8. The Morgan fingerprint density at radius 3 is 2.55 bits per heavy atom. The van der Waals surface area contributed by atoms with E-state index in [-0.39, 0.29) is 28.2 Å². The number of fused-ring (bicyclic) bond motifs is 4. The Morgan fingerprint density at radius 1 is 1.02 bits per heavy atom. The number of hydrogen-bond acceptors (Lipinski definition) is 6. The van der Waals surface area contributed by atoms with Gasteiger partial charge in [-0.3, -0.25) is 4.79 Å². The molecule has 1 spiro atoms. The fourth-order valence-electron chi connectivity index (χ4n) is 8.71. The summed E-state index contributed by atoms with van der Waals surface area (Å²) in [7, 11) is -3.91. The summed E-state index contributed by atoms with van der Waals surface area (Å²) in [5, 5.41) is -0.0212. The Bertz CT molecular complexity index is 1580. The number of amides is 1. The molecule has 7 nitrogen and oxygen atoms in total. The topological polar surface area (TPSA) is 92.8 Å². The fourth-order valence-corrected chi connectivity index (χ4v) is 10.2. The Morgan fingerprint density at radius 2 is 1.82 bits per heavy atom. The maximum absolute atomic E-state index is 13.5. The second kappa shape index (κ2) is 11.3. The number of carbonyl (C=O) groups excluding carboxylic acids is 2. The highest BCUT2D eigenvalue weighted by molar-refractivity contribution is 7.90. The van der Waals surface area contributed by atoms with E-state index in [1.165, 1.54) is 11.1 Å². The average molecular weight is 641 g/mol.